The lowest BCUT2D eigenvalue weighted by Gasteiger charge is -2.05. The lowest BCUT2D eigenvalue weighted by Crippen LogP contribution is -2.11. The largest absolute Gasteiger partial charge is 0.494 e. The molecule has 1 heterocycles. The molecule has 0 radical (unpaired) electrons. The van der Waals surface area contributed by atoms with Crippen molar-refractivity contribution in [3.63, 3.8) is 0 Å². The standard InChI is InChI=1S/C13H16N2OS/c1-2-16-12-5-3-11(4-6-12)7-14-8-13-9-15-10-17-13/h3-6,9-10,14H,2,7-8H2,1H3. The van der Waals surface area contributed by atoms with Crippen molar-refractivity contribution in [1.82, 2.24) is 10.3 Å². The van der Waals surface area contributed by atoms with Gasteiger partial charge >= 0.3 is 0 Å². The number of nitrogens with zero attached hydrogens (tertiary/aromatic N) is 1. The van der Waals surface area contributed by atoms with Crippen LogP contribution in [0.3, 0.4) is 0 Å². The van der Waals surface area contributed by atoms with Crippen LogP contribution in [0.5, 0.6) is 5.75 Å². The van der Waals surface area contributed by atoms with E-state index < -0.39 is 0 Å². The van der Waals surface area contributed by atoms with E-state index in [4.69, 9.17) is 4.74 Å². The normalized spacial score (nSPS) is 10.4. The van der Waals surface area contributed by atoms with Crippen LogP contribution in [0.2, 0.25) is 0 Å². The first kappa shape index (κ1) is 12.1. The maximum absolute atomic E-state index is 5.40. The minimum absolute atomic E-state index is 0.711. The highest BCUT2D eigenvalue weighted by atomic mass is 32.1. The smallest absolute Gasteiger partial charge is 0.119 e. The fraction of sp³-hybridized carbons (Fsp3) is 0.308. The molecule has 0 spiro atoms. The summed E-state index contributed by atoms with van der Waals surface area (Å²) in [6.07, 6.45) is 1.90. The molecule has 0 atom stereocenters. The van der Waals surface area contributed by atoms with Crippen LogP contribution in [-0.4, -0.2) is 11.6 Å². The summed E-state index contributed by atoms with van der Waals surface area (Å²) in [5.74, 6) is 0.929. The van der Waals surface area contributed by atoms with Crippen LogP contribution in [-0.2, 0) is 13.1 Å². The maximum Gasteiger partial charge on any atom is 0.119 e. The van der Waals surface area contributed by atoms with Gasteiger partial charge in [0.15, 0.2) is 0 Å². The summed E-state index contributed by atoms with van der Waals surface area (Å²) in [7, 11) is 0. The van der Waals surface area contributed by atoms with Gasteiger partial charge in [-0.3, -0.25) is 4.98 Å². The van der Waals surface area contributed by atoms with Gasteiger partial charge in [-0.15, -0.1) is 11.3 Å². The Labute approximate surface area is 105 Å². The van der Waals surface area contributed by atoms with Gasteiger partial charge in [-0.2, -0.15) is 0 Å². The lowest BCUT2D eigenvalue weighted by molar-refractivity contribution is 0.340. The molecule has 2 rings (SSSR count). The van der Waals surface area contributed by atoms with E-state index in [2.05, 4.69) is 22.4 Å². The van der Waals surface area contributed by atoms with E-state index in [0.717, 1.165) is 18.8 Å². The zero-order valence-electron chi connectivity index (χ0n) is 9.85. The van der Waals surface area contributed by atoms with E-state index in [1.165, 1.54) is 10.4 Å². The van der Waals surface area contributed by atoms with Crippen LogP contribution in [0, 0.1) is 0 Å². The summed E-state index contributed by atoms with van der Waals surface area (Å²) in [4.78, 5) is 5.30. The highest BCUT2D eigenvalue weighted by Crippen LogP contribution is 2.12. The van der Waals surface area contributed by atoms with Crippen molar-refractivity contribution in [2.45, 2.75) is 20.0 Å². The van der Waals surface area contributed by atoms with E-state index >= 15 is 0 Å². The zero-order valence-corrected chi connectivity index (χ0v) is 10.7. The van der Waals surface area contributed by atoms with Crippen LogP contribution >= 0.6 is 11.3 Å². The fourth-order valence-electron chi connectivity index (χ4n) is 1.53. The van der Waals surface area contributed by atoms with Crippen LogP contribution in [0.15, 0.2) is 36.0 Å². The molecule has 1 aromatic carbocycles. The topological polar surface area (TPSA) is 34.1 Å². The molecule has 3 nitrogen and oxygen atoms in total. The van der Waals surface area contributed by atoms with Crippen LogP contribution in [0.25, 0.3) is 0 Å². The Morgan fingerprint density at radius 1 is 1.24 bits per heavy atom. The molecule has 0 aliphatic carbocycles. The van der Waals surface area contributed by atoms with Crippen molar-refractivity contribution in [2.75, 3.05) is 6.61 Å². The summed E-state index contributed by atoms with van der Waals surface area (Å²) < 4.78 is 5.40. The Kier molecular flexibility index (Phi) is 4.53. The first-order valence-electron chi connectivity index (χ1n) is 5.68. The highest BCUT2D eigenvalue weighted by molar-refractivity contribution is 7.09. The molecule has 0 aliphatic heterocycles. The molecule has 0 unspecified atom stereocenters. The number of rotatable bonds is 6. The predicted molar refractivity (Wildman–Crippen MR) is 70.3 cm³/mol. The number of ether oxygens (including phenoxy) is 1. The minimum Gasteiger partial charge on any atom is -0.494 e. The van der Waals surface area contributed by atoms with Crippen molar-refractivity contribution >= 4 is 11.3 Å². The number of thiazole rings is 1. The Morgan fingerprint density at radius 2 is 2.06 bits per heavy atom. The number of hydrogen-bond donors (Lipinski definition) is 1. The second-order valence-electron chi connectivity index (χ2n) is 3.65. The molecule has 0 amide bonds. The average molecular weight is 248 g/mol. The third kappa shape index (κ3) is 3.84. The molecule has 90 valence electrons. The molecular weight excluding hydrogens is 232 g/mol. The third-order valence-corrected chi connectivity index (χ3v) is 3.13. The monoisotopic (exact) mass is 248 g/mol. The van der Waals surface area contributed by atoms with Gasteiger partial charge in [0.25, 0.3) is 0 Å². The van der Waals surface area contributed by atoms with Gasteiger partial charge in [0.1, 0.15) is 5.75 Å². The van der Waals surface area contributed by atoms with E-state index in [0.29, 0.717) is 6.61 Å². The van der Waals surface area contributed by atoms with Crippen LogP contribution < -0.4 is 10.1 Å². The predicted octanol–water partition coefficient (Wildman–Crippen LogP) is 2.83. The van der Waals surface area contributed by atoms with Gasteiger partial charge in [-0.05, 0) is 24.6 Å². The number of benzene rings is 1. The van der Waals surface area contributed by atoms with Gasteiger partial charge in [0.05, 0.1) is 12.1 Å². The number of hydrogen-bond acceptors (Lipinski definition) is 4. The van der Waals surface area contributed by atoms with Crippen LogP contribution in [0.4, 0.5) is 0 Å². The van der Waals surface area contributed by atoms with Gasteiger partial charge in [0.2, 0.25) is 0 Å². The maximum atomic E-state index is 5.40. The Bertz CT molecular complexity index is 425. The minimum atomic E-state index is 0.711. The molecular formula is C13H16N2OS. The Morgan fingerprint density at radius 3 is 2.71 bits per heavy atom. The Hall–Kier alpha value is -1.39. The van der Waals surface area contributed by atoms with Crippen molar-refractivity contribution in [2.24, 2.45) is 0 Å². The summed E-state index contributed by atoms with van der Waals surface area (Å²) in [5, 5.41) is 3.39. The van der Waals surface area contributed by atoms with Gasteiger partial charge in [-0.25, -0.2) is 0 Å². The van der Waals surface area contributed by atoms with Gasteiger partial charge < -0.3 is 10.1 Å². The second kappa shape index (κ2) is 6.37. The van der Waals surface area contributed by atoms with E-state index in [-0.39, 0.29) is 0 Å². The average Bonchev–Trinajstić information content (AvgIpc) is 2.85. The third-order valence-electron chi connectivity index (χ3n) is 2.35. The zero-order chi connectivity index (χ0) is 11.9. The van der Waals surface area contributed by atoms with E-state index in [1.807, 2.05) is 30.8 Å². The summed E-state index contributed by atoms with van der Waals surface area (Å²) in [5.41, 5.74) is 3.12. The molecule has 17 heavy (non-hydrogen) atoms. The van der Waals surface area contributed by atoms with Gasteiger partial charge in [0, 0.05) is 24.2 Å². The summed E-state index contributed by atoms with van der Waals surface area (Å²) in [6, 6.07) is 8.19. The summed E-state index contributed by atoms with van der Waals surface area (Å²) >= 11 is 1.67. The lowest BCUT2D eigenvalue weighted by atomic mass is 10.2. The molecule has 0 saturated carbocycles. The highest BCUT2D eigenvalue weighted by Gasteiger charge is 1.96. The molecule has 0 saturated heterocycles. The van der Waals surface area contributed by atoms with Gasteiger partial charge in [-0.1, -0.05) is 12.1 Å². The molecule has 1 aromatic heterocycles. The van der Waals surface area contributed by atoms with Crippen molar-refractivity contribution in [3.05, 3.63) is 46.4 Å². The van der Waals surface area contributed by atoms with Crippen molar-refractivity contribution in [3.8, 4) is 5.75 Å². The molecule has 0 bridgehead atoms. The Balaban J connectivity index is 1.79. The van der Waals surface area contributed by atoms with Crippen molar-refractivity contribution in [1.29, 1.82) is 0 Å². The molecule has 0 fully saturated rings. The summed E-state index contributed by atoms with van der Waals surface area (Å²) in [6.45, 7) is 4.44. The first-order valence-corrected chi connectivity index (χ1v) is 6.56. The van der Waals surface area contributed by atoms with Crippen molar-refractivity contribution < 1.29 is 4.74 Å². The fourth-order valence-corrected chi connectivity index (χ4v) is 2.09. The number of aromatic nitrogens is 1. The second-order valence-corrected chi connectivity index (χ2v) is 4.62. The SMILES string of the molecule is CCOc1ccc(CNCc2cncs2)cc1. The van der Waals surface area contributed by atoms with E-state index in [1.54, 1.807) is 11.3 Å². The number of nitrogens with one attached hydrogen (secondary N) is 1. The molecule has 2 aromatic rings. The van der Waals surface area contributed by atoms with E-state index in [9.17, 15) is 0 Å². The molecule has 0 aliphatic rings. The molecule has 4 heteroatoms. The van der Waals surface area contributed by atoms with Crippen LogP contribution in [0.1, 0.15) is 17.4 Å². The quantitative estimate of drug-likeness (QED) is 0.853. The molecule has 1 N–H and O–H groups in total. The first-order chi connectivity index (χ1) is 8.38.